The van der Waals surface area contributed by atoms with E-state index in [1.54, 1.807) is 13.0 Å². The van der Waals surface area contributed by atoms with Crippen LogP contribution in [0.5, 0.6) is 0 Å². The second-order valence-electron chi connectivity index (χ2n) is 4.73. The van der Waals surface area contributed by atoms with Crippen LogP contribution in [0.1, 0.15) is 12.0 Å². The molecule has 1 saturated heterocycles. The first kappa shape index (κ1) is 14.3. The minimum Gasteiger partial charge on any atom is -0.309 e. The second kappa shape index (κ2) is 5.09. The predicted octanol–water partition coefficient (Wildman–Crippen LogP) is 2.06. The summed E-state index contributed by atoms with van der Waals surface area (Å²) >= 11 is 0. The molecule has 2 rings (SSSR count). The summed E-state index contributed by atoms with van der Waals surface area (Å²) in [6.07, 6.45) is 0.0687. The van der Waals surface area contributed by atoms with E-state index in [9.17, 15) is 17.6 Å². The third kappa shape index (κ3) is 3.45. The lowest BCUT2D eigenvalue weighted by molar-refractivity contribution is -0.117. The van der Waals surface area contributed by atoms with Crippen molar-refractivity contribution >= 4 is 31.3 Å². The smallest absolute Gasteiger partial charge is 0.232 e. The Bertz CT molecular complexity index is 617. The van der Waals surface area contributed by atoms with E-state index in [-0.39, 0.29) is 30.3 Å². The van der Waals surface area contributed by atoms with Crippen molar-refractivity contribution in [3.8, 4) is 0 Å². The summed E-state index contributed by atoms with van der Waals surface area (Å²) in [5, 5.41) is 0. The van der Waals surface area contributed by atoms with E-state index in [2.05, 4.69) is 0 Å². The van der Waals surface area contributed by atoms with Crippen LogP contribution in [0.2, 0.25) is 0 Å². The minimum atomic E-state index is -3.65. The normalized spacial score (nSPS) is 20.1. The molecule has 1 amide bonds. The Morgan fingerprint density at radius 2 is 2.16 bits per heavy atom. The predicted molar refractivity (Wildman–Crippen MR) is 71.2 cm³/mol. The number of nitrogens with zero attached hydrogens (tertiary/aromatic N) is 1. The monoisotopic (exact) mass is 305 g/mol. The van der Waals surface area contributed by atoms with Crippen LogP contribution in [-0.2, 0) is 13.8 Å². The highest BCUT2D eigenvalue weighted by Crippen LogP contribution is 2.29. The number of rotatable bonds is 3. The molecule has 1 heterocycles. The van der Waals surface area contributed by atoms with E-state index < -0.39 is 20.8 Å². The minimum absolute atomic E-state index is 0.0687. The van der Waals surface area contributed by atoms with E-state index in [1.165, 1.54) is 17.0 Å². The largest absolute Gasteiger partial charge is 0.309 e. The molecule has 1 unspecified atom stereocenters. The Morgan fingerprint density at radius 3 is 2.74 bits per heavy atom. The zero-order valence-corrected chi connectivity index (χ0v) is 11.8. The van der Waals surface area contributed by atoms with Crippen molar-refractivity contribution in [1.29, 1.82) is 0 Å². The highest BCUT2D eigenvalue weighted by Gasteiger charge is 2.34. The van der Waals surface area contributed by atoms with Gasteiger partial charge in [-0.15, -0.1) is 0 Å². The fraction of sp³-hybridized carbons (Fsp3) is 0.417. The van der Waals surface area contributed by atoms with Gasteiger partial charge in [0.1, 0.15) is 5.82 Å². The number of hydrogen-bond acceptors (Lipinski definition) is 3. The van der Waals surface area contributed by atoms with Gasteiger partial charge in [0.05, 0.1) is 11.4 Å². The average molecular weight is 306 g/mol. The Balaban J connectivity index is 2.20. The van der Waals surface area contributed by atoms with Crippen LogP contribution >= 0.6 is 10.7 Å². The van der Waals surface area contributed by atoms with E-state index in [1.807, 2.05) is 0 Å². The molecule has 4 nitrogen and oxygen atoms in total. The summed E-state index contributed by atoms with van der Waals surface area (Å²) in [6, 6.07) is 4.58. The number of benzene rings is 1. The molecular weight excluding hydrogens is 293 g/mol. The molecule has 0 bridgehead atoms. The van der Waals surface area contributed by atoms with Gasteiger partial charge in [0.2, 0.25) is 15.0 Å². The van der Waals surface area contributed by atoms with Crippen LogP contribution in [-0.4, -0.2) is 26.6 Å². The van der Waals surface area contributed by atoms with Gasteiger partial charge >= 0.3 is 0 Å². The third-order valence-corrected chi connectivity index (χ3v) is 4.28. The summed E-state index contributed by atoms with van der Waals surface area (Å²) in [5.74, 6) is -1.43. The molecule has 104 valence electrons. The molecule has 1 aliphatic heterocycles. The maximum atomic E-state index is 13.8. The van der Waals surface area contributed by atoms with Crippen molar-refractivity contribution in [2.75, 3.05) is 17.2 Å². The molecule has 1 aromatic carbocycles. The van der Waals surface area contributed by atoms with Crippen molar-refractivity contribution in [1.82, 2.24) is 0 Å². The van der Waals surface area contributed by atoms with Crippen LogP contribution in [0.15, 0.2) is 18.2 Å². The number of carbonyl (C=O) groups is 1. The molecule has 0 N–H and O–H groups in total. The third-order valence-electron chi connectivity index (χ3n) is 3.03. The highest BCUT2D eigenvalue weighted by atomic mass is 35.7. The van der Waals surface area contributed by atoms with Gasteiger partial charge in [0, 0.05) is 29.6 Å². The van der Waals surface area contributed by atoms with Gasteiger partial charge in [-0.25, -0.2) is 12.8 Å². The number of carbonyl (C=O) groups excluding carboxylic acids is 1. The van der Waals surface area contributed by atoms with Crippen LogP contribution in [0.4, 0.5) is 10.1 Å². The number of halogens is 2. The van der Waals surface area contributed by atoms with E-state index >= 15 is 0 Å². The average Bonchev–Trinajstić information content (AvgIpc) is 2.56. The maximum absolute atomic E-state index is 13.8. The van der Waals surface area contributed by atoms with E-state index in [0.29, 0.717) is 0 Å². The lowest BCUT2D eigenvalue weighted by Crippen LogP contribution is -2.26. The Hall–Kier alpha value is -1.14. The van der Waals surface area contributed by atoms with Crippen molar-refractivity contribution in [2.45, 2.75) is 13.3 Å². The van der Waals surface area contributed by atoms with Gasteiger partial charge in [0.25, 0.3) is 0 Å². The van der Waals surface area contributed by atoms with Crippen molar-refractivity contribution in [2.24, 2.45) is 5.92 Å². The van der Waals surface area contributed by atoms with Gasteiger partial charge in [-0.2, -0.15) is 0 Å². The Kier molecular flexibility index (Phi) is 3.82. The summed E-state index contributed by atoms with van der Waals surface area (Å²) in [6.45, 7) is 1.92. The molecule has 0 aliphatic carbocycles. The molecule has 0 saturated carbocycles. The second-order valence-corrected chi connectivity index (χ2v) is 7.56. The standard InChI is InChI=1S/C12H13ClFNO3S/c1-8-2-3-11(10(14)4-8)15-6-9(5-12(15)16)7-19(13,17)18/h2-4,9H,5-7H2,1H3. The van der Waals surface area contributed by atoms with Gasteiger partial charge < -0.3 is 4.90 Å². The molecule has 1 aromatic rings. The lowest BCUT2D eigenvalue weighted by atomic mass is 10.1. The Labute approximate surface area is 115 Å². The fourth-order valence-electron chi connectivity index (χ4n) is 2.24. The first-order chi connectivity index (χ1) is 8.76. The highest BCUT2D eigenvalue weighted by molar-refractivity contribution is 8.13. The van der Waals surface area contributed by atoms with Gasteiger partial charge in [0.15, 0.2) is 0 Å². The number of aryl methyl sites for hydroxylation is 1. The number of anilines is 1. The van der Waals surface area contributed by atoms with E-state index in [0.717, 1.165) is 5.56 Å². The van der Waals surface area contributed by atoms with E-state index in [4.69, 9.17) is 10.7 Å². The van der Waals surface area contributed by atoms with Gasteiger partial charge in [-0.3, -0.25) is 4.79 Å². The SMILES string of the molecule is Cc1ccc(N2CC(CS(=O)(=O)Cl)CC2=O)c(F)c1. The summed E-state index contributed by atoms with van der Waals surface area (Å²) in [7, 11) is 1.52. The van der Waals surface area contributed by atoms with Gasteiger partial charge in [-0.1, -0.05) is 6.07 Å². The molecule has 1 atom stereocenters. The van der Waals surface area contributed by atoms with Crippen molar-refractivity contribution < 1.29 is 17.6 Å². The van der Waals surface area contributed by atoms with Crippen LogP contribution in [0.3, 0.4) is 0 Å². The van der Waals surface area contributed by atoms with Crippen molar-refractivity contribution in [3.63, 3.8) is 0 Å². The summed E-state index contributed by atoms with van der Waals surface area (Å²) in [5.41, 5.74) is 0.942. The zero-order chi connectivity index (χ0) is 14.2. The summed E-state index contributed by atoms with van der Waals surface area (Å²) in [4.78, 5) is 13.1. The first-order valence-electron chi connectivity index (χ1n) is 5.75. The van der Waals surface area contributed by atoms with Crippen LogP contribution in [0, 0.1) is 18.7 Å². The number of hydrogen-bond donors (Lipinski definition) is 0. The molecular formula is C12H13ClFNO3S. The quantitative estimate of drug-likeness (QED) is 0.803. The fourth-order valence-corrected chi connectivity index (χ4v) is 3.56. The zero-order valence-electron chi connectivity index (χ0n) is 10.3. The molecule has 1 aliphatic rings. The molecule has 1 fully saturated rings. The molecule has 19 heavy (non-hydrogen) atoms. The molecule has 0 radical (unpaired) electrons. The first-order valence-corrected chi connectivity index (χ1v) is 8.23. The Morgan fingerprint density at radius 1 is 1.47 bits per heavy atom. The van der Waals surface area contributed by atoms with Crippen molar-refractivity contribution in [3.05, 3.63) is 29.6 Å². The maximum Gasteiger partial charge on any atom is 0.232 e. The lowest BCUT2D eigenvalue weighted by Gasteiger charge is -2.17. The van der Waals surface area contributed by atoms with Crippen LogP contribution < -0.4 is 4.90 Å². The topological polar surface area (TPSA) is 54.5 Å². The molecule has 7 heteroatoms. The molecule has 0 spiro atoms. The number of amides is 1. The molecule has 0 aromatic heterocycles. The van der Waals surface area contributed by atoms with Gasteiger partial charge in [-0.05, 0) is 24.6 Å². The van der Waals surface area contributed by atoms with Crippen LogP contribution in [0.25, 0.3) is 0 Å². The summed E-state index contributed by atoms with van der Waals surface area (Å²) < 4.78 is 35.8.